The third-order valence-corrected chi connectivity index (χ3v) is 2.06. The molecule has 5 heteroatoms. The van der Waals surface area contributed by atoms with Crippen molar-refractivity contribution in [3.63, 3.8) is 0 Å². The highest BCUT2D eigenvalue weighted by Crippen LogP contribution is 2.00. The molecule has 0 radical (unpaired) electrons. The zero-order valence-corrected chi connectivity index (χ0v) is 8.59. The second-order valence-electron chi connectivity index (χ2n) is 3.29. The van der Waals surface area contributed by atoms with Crippen LogP contribution in [-0.2, 0) is 13.5 Å². The molecular formula is C10H13N5. The van der Waals surface area contributed by atoms with Gasteiger partial charge in [-0.15, -0.1) is 0 Å². The van der Waals surface area contributed by atoms with Crippen molar-refractivity contribution in [2.75, 3.05) is 11.9 Å². The van der Waals surface area contributed by atoms with E-state index in [1.54, 1.807) is 10.9 Å². The van der Waals surface area contributed by atoms with Gasteiger partial charge < -0.3 is 5.32 Å². The Hall–Kier alpha value is -1.91. The minimum atomic E-state index is 0.850. The first-order valence-corrected chi connectivity index (χ1v) is 4.82. The fraction of sp³-hybridized carbons (Fsp3) is 0.300. The van der Waals surface area contributed by atoms with Crippen molar-refractivity contribution in [2.45, 2.75) is 6.42 Å². The summed E-state index contributed by atoms with van der Waals surface area (Å²) >= 11 is 0. The van der Waals surface area contributed by atoms with Crippen LogP contribution in [-0.4, -0.2) is 26.3 Å². The predicted octanol–water partition coefficient (Wildman–Crippen LogP) is 0.865. The minimum absolute atomic E-state index is 0.850. The van der Waals surface area contributed by atoms with Gasteiger partial charge in [0.2, 0.25) is 0 Å². The normalized spacial score (nSPS) is 10.2. The molecule has 5 nitrogen and oxygen atoms in total. The third-order valence-electron chi connectivity index (χ3n) is 2.06. The maximum absolute atomic E-state index is 4.11. The van der Waals surface area contributed by atoms with Gasteiger partial charge >= 0.3 is 0 Å². The molecule has 15 heavy (non-hydrogen) atoms. The fourth-order valence-electron chi connectivity index (χ4n) is 1.33. The first-order valence-electron chi connectivity index (χ1n) is 4.82. The standard InChI is InChI=1S/C10H13N5/c1-15-7-9(6-14-15)2-5-12-10-3-4-11-8-13-10/h3-4,6-8H,2,5H2,1H3,(H,11,12,13). The summed E-state index contributed by atoms with van der Waals surface area (Å²) in [4.78, 5) is 7.92. The smallest absolute Gasteiger partial charge is 0.129 e. The highest BCUT2D eigenvalue weighted by molar-refractivity contribution is 5.31. The lowest BCUT2D eigenvalue weighted by molar-refractivity contribution is 0.767. The molecule has 0 aliphatic heterocycles. The lowest BCUT2D eigenvalue weighted by Crippen LogP contribution is -2.05. The molecule has 2 heterocycles. The van der Waals surface area contributed by atoms with Crippen molar-refractivity contribution in [3.8, 4) is 0 Å². The van der Waals surface area contributed by atoms with E-state index in [2.05, 4.69) is 20.4 Å². The summed E-state index contributed by atoms with van der Waals surface area (Å²) in [5.74, 6) is 0.855. The maximum Gasteiger partial charge on any atom is 0.129 e. The van der Waals surface area contributed by atoms with Crippen LogP contribution in [0.4, 0.5) is 5.82 Å². The van der Waals surface area contributed by atoms with Crippen molar-refractivity contribution in [1.29, 1.82) is 0 Å². The maximum atomic E-state index is 4.11. The Morgan fingerprint density at radius 1 is 1.47 bits per heavy atom. The van der Waals surface area contributed by atoms with E-state index in [0.717, 1.165) is 18.8 Å². The van der Waals surface area contributed by atoms with E-state index >= 15 is 0 Å². The molecule has 2 aromatic rings. The lowest BCUT2D eigenvalue weighted by Gasteiger charge is -2.02. The second-order valence-corrected chi connectivity index (χ2v) is 3.29. The number of nitrogens with one attached hydrogen (secondary N) is 1. The van der Waals surface area contributed by atoms with Gasteiger partial charge in [-0.05, 0) is 18.1 Å². The van der Waals surface area contributed by atoms with Gasteiger partial charge in [-0.1, -0.05) is 0 Å². The van der Waals surface area contributed by atoms with E-state index in [9.17, 15) is 0 Å². The highest BCUT2D eigenvalue weighted by Gasteiger charge is 1.96. The quantitative estimate of drug-likeness (QED) is 0.801. The first kappa shape index (κ1) is 9.64. The number of anilines is 1. The molecule has 2 rings (SSSR count). The Bertz CT molecular complexity index is 409. The Balaban J connectivity index is 1.80. The van der Waals surface area contributed by atoms with Crippen LogP contribution >= 0.6 is 0 Å². The predicted molar refractivity (Wildman–Crippen MR) is 57.4 cm³/mol. The average Bonchev–Trinajstić information content (AvgIpc) is 2.66. The summed E-state index contributed by atoms with van der Waals surface area (Å²) in [5.41, 5.74) is 1.22. The van der Waals surface area contributed by atoms with E-state index in [1.165, 1.54) is 11.9 Å². The highest BCUT2D eigenvalue weighted by atomic mass is 15.2. The Kier molecular flexibility index (Phi) is 2.92. The first-order chi connectivity index (χ1) is 7.34. The molecule has 1 N–H and O–H groups in total. The summed E-state index contributed by atoms with van der Waals surface area (Å²) in [5, 5.41) is 7.32. The average molecular weight is 203 g/mol. The number of rotatable bonds is 4. The zero-order chi connectivity index (χ0) is 10.5. The SMILES string of the molecule is Cn1cc(CCNc2ccncn2)cn1. The van der Waals surface area contributed by atoms with Crippen LogP contribution in [0.25, 0.3) is 0 Å². The van der Waals surface area contributed by atoms with E-state index in [4.69, 9.17) is 0 Å². The number of hydrogen-bond acceptors (Lipinski definition) is 4. The van der Waals surface area contributed by atoms with Crippen LogP contribution in [0.1, 0.15) is 5.56 Å². The summed E-state index contributed by atoms with van der Waals surface area (Å²) in [7, 11) is 1.92. The molecule has 0 saturated heterocycles. The molecule has 0 saturated carbocycles. The zero-order valence-electron chi connectivity index (χ0n) is 8.59. The van der Waals surface area contributed by atoms with Gasteiger partial charge in [-0.25, -0.2) is 9.97 Å². The molecule has 0 aromatic carbocycles. The molecule has 0 unspecified atom stereocenters. The van der Waals surface area contributed by atoms with Gasteiger partial charge in [0.1, 0.15) is 12.1 Å². The van der Waals surface area contributed by atoms with E-state index in [-0.39, 0.29) is 0 Å². The van der Waals surface area contributed by atoms with Gasteiger partial charge in [0, 0.05) is 26.0 Å². The van der Waals surface area contributed by atoms with E-state index < -0.39 is 0 Å². The van der Waals surface area contributed by atoms with Crippen LogP contribution in [0.2, 0.25) is 0 Å². The number of aryl methyl sites for hydroxylation is 1. The monoisotopic (exact) mass is 203 g/mol. The van der Waals surface area contributed by atoms with Crippen molar-refractivity contribution >= 4 is 5.82 Å². The minimum Gasteiger partial charge on any atom is -0.370 e. The summed E-state index contributed by atoms with van der Waals surface area (Å²) in [6, 6.07) is 1.85. The molecule has 2 aromatic heterocycles. The van der Waals surface area contributed by atoms with Crippen LogP contribution in [0.5, 0.6) is 0 Å². The van der Waals surface area contributed by atoms with Crippen LogP contribution in [0.3, 0.4) is 0 Å². The summed E-state index contributed by atoms with van der Waals surface area (Å²) in [6.45, 7) is 0.850. The van der Waals surface area contributed by atoms with Crippen LogP contribution in [0, 0.1) is 0 Å². The third kappa shape index (κ3) is 2.77. The van der Waals surface area contributed by atoms with Crippen molar-refractivity contribution < 1.29 is 0 Å². The summed E-state index contributed by atoms with van der Waals surface area (Å²) < 4.78 is 1.81. The Morgan fingerprint density at radius 3 is 3.07 bits per heavy atom. The summed E-state index contributed by atoms with van der Waals surface area (Å²) in [6.07, 6.45) is 8.09. The Labute approximate surface area is 88.2 Å². The van der Waals surface area contributed by atoms with Crippen molar-refractivity contribution in [3.05, 3.63) is 36.5 Å². The van der Waals surface area contributed by atoms with Crippen LogP contribution in [0.15, 0.2) is 31.0 Å². The van der Waals surface area contributed by atoms with Gasteiger partial charge in [-0.2, -0.15) is 5.10 Å². The molecular weight excluding hydrogens is 190 g/mol. The van der Waals surface area contributed by atoms with E-state index in [1.807, 2.05) is 25.5 Å². The van der Waals surface area contributed by atoms with E-state index in [0.29, 0.717) is 0 Å². The molecule has 0 fully saturated rings. The largest absolute Gasteiger partial charge is 0.370 e. The number of nitrogens with zero attached hydrogens (tertiary/aromatic N) is 4. The van der Waals surface area contributed by atoms with Crippen molar-refractivity contribution in [1.82, 2.24) is 19.7 Å². The number of hydrogen-bond donors (Lipinski definition) is 1. The Morgan fingerprint density at radius 2 is 2.40 bits per heavy atom. The molecule has 78 valence electrons. The molecule has 0 spiro atoms. The molecule has 0 atom stereocenters. The lowest BCUT2D eigenvalue weighted by atomic mass is 10.2. The molecule has 0 aliphatic rings. The molecule has 0 bridgehead atoms. The number of aromatic nitrogens is 4. The fourth-order valence-corrected chi connectivity index (χ4v) is 1.33. The molecule has 0 amide bonds. The molecule has 0 aliphatic carbocycles. The van der Waals surface area contributed by atoms with Gasteiger partial charge in [0.05, 0.1) is 6.20 Å². The topological polar surface area (TPSA) is 55.6 Å². The van der Waals surface area contributed by atoms with Crippen molar-refractivity contribution in [2.24, 2.45) is 7.05 Å². The van der Waals surface area contributed by atoms with Gasteiger partial charge in [-0.3, -0.25) is 4.68 Å². The van der Waals surface area contributed by atoms with Crippen LogP contribution < -0.4 is 5.32 Å². The van der Waals surface area contributed by atoms with Gasteiger partial charge in [0.25, 0.3) is 0 Å². The second kappa shape index (κ2) is 4.54. The van der Waals surface area contributed by atoms with Gasteiger partial charge in [0.15, 0.2) is 0 Å².